The Kier molecular flexibility index (Phi) is 6.89. The molecule has 22 heavy (non-hydrogen) atoms. The van der Waals surface area contributed by atoms with E-state index in [2.05, 4.69) is 6.92 Å². The Morgan fingerprint density at radius 3 is 2.27 bits per heavy atom. The van der Waals surface area contributed by atoms with E-state index >= 15 is 0 Å². The fraction of sp³-hybridized carbons (Fsp3) is 0.529. The fourth-order valence-electron chi connectivity index (χ4n) is 2.43. The predicted molar refractivity (Wildman–Crippen MR) is 83.4 cm³/mol. The Hall–Kier alpha value is -2.04. The van der Waals surface area contributed by atoms with E-state index in [1.165, 1.54) is 14.2 Å². The number of rotatable bonds is 7. The van der Waals surface area contributed by atoms with Crippen LogP contribution in [0.3, 0.4) is 0 Å². The van der Waals surface area contributed by atoms with E-state index in [4.69, 9.17) is 9.47 Å². The highest BCUT2D eigenvalue weighted by molar-refractivity contribution is 6.00. The zero-order valence-corrected chi connectivity index (χ0v) is 13.7. The number of methoxy groups -OCH3 is 2. The number of aromatic hydroxyl groups is 1. The maximum absolute atomic E-state index is 11.9. The summed E-state index contributed by atoms with van der Waals surface area (Å²) in [6.07, 6.45) is 4.73. The second kappa shape index (κ2) is 8.41. The number of hydrogen-bond donors (Lipinski definition) is 1. The summed E-state index contributed by atoms with van der Waals surface area (Å²) in [6, 6.07) is 1.61. The van der Waals surface area contributed by atoms with Crippen LogP contribution in [0, 0.1) is 6.92 Å². The van der Waals surface area contributed by atoms with Crippen LogP contribution < -0.4 is 0 Å². The van der Waals surface area contributed by atoms with Gasteiger partial charge in [0.05, 0.1) is 19.8 Å². The summed E-state index contributed by atoms with van der Waals surface area (Å²) >= 11 is 0. The van der Waals surface area contributed by atoms with E-state index in [-0.39, 0.29) is 16.9 Å². The van der Waals surface area contributed by atoms with Gasteiger partial charge in [-0.1, -0.05) is 26.2 Å². The summed E-state index contributed by atoms with van der Waals surface area (Å²) in [5.74, 6) is -1.29. The maximum atomic E-state index is 11.9. The summed E-state index contributed by atoms with van der Waals surface area (Å²) in [5, 5.41) is 10.4. The minimum atomic E-state index is -0.657. The molecule has 0 radical (unpaired) electrons. The van der Waals surface area contributed by atoms with Crippen molar-refractivity contribution in [1.29, 1.82) is 0 Å². The number of esters is 2. The number of unbranched alkanes of at least 4 members (excludes halogenated alkanes) is 3. The van der Waals surface area contributed by atoms with E-state index in [0.29, 0.717) is 17.5 Å². The molecule has 0 spiro atoms. The van der Waals surface area contributed by atoms with Crippen LogP contribution in [-0.2, 0) is 15.9 Å². The molecule has 1 aromatic carbocycles. The van der Waals surface area contributed by atoms with Gasteiger partial charge in [0, 0.05) is 0 Å². The van der Waals surface area contributed by atoms with Gasteiger partial charge in [0.2, 0.25) is 0 Å². The zero-order chi connectivity index (χ0) is 16.7. The summed E-state index contributed by atoms with van der Waals surface area (Å²) in [4.78, 5) is 23.8. The number of phenolic OH excluding ortho intramolecular Hbond substituents is 1. The molecule has 0 amide bonds. The second-order valence-electron chi connectivity index (χ2n) is 5.23. The Balaban J connectivity index is 3.25. The molecule has 0 heterocycles. The van der Waals surface area contributed by atoms with Crippen LogP contribution in [0.2, 0.25) is 0 Å². The Morgan fingerprint density at radius 1 is 1.09 bits per heavy atom. The van der Waals surface area contributed by atoms with Crippen LogP contribution >= 0.6 is 0 Å². The SMILES string of the molecule is CCCCCCc1cc(C(=O)OC)c(C)c(C(=O)OC)c1O. The number of carbonyl (C=O) groups is 2. The van der Waals surface area contributed by atoms with Crippen LogP contribution in [0.4, 0.5) is 0 Å². The van der Waals surface area contributed by atoms with Gasteiger partial charge in [-0.25, -0.2) is 9.59 Å². The van der Waals surface area contributed by atoms with Crippen LogP contribution in [0.1, 0.15) is 64.4 Å². The number of benzene rings is 1. The van der Waals surface area contributed by atoms with Crippen molar-refractivity contribution in [1.82, 2.24) is 0 Å². The van der Waals surface area contributed by atoms with Gasteiger partial charge >= 0.3 is 11.9 Å². The molecule has 0 fully saturated rings. The van der Waals surface area contributed by atoms with Crippen molar-refractivity contribution in [3.63, 3.8) is 0 Å². The molecule has 0 aliphatic rings. The molecule has 122 valence electrons. The van der Waals surface area contributed by atoms with E-state index < -0.39 is 11.9 Å². The van der Waals surface area contributed by atoms with Crippen molar-refractivity contribution in [2.45, 2.75) is 46.0 Å². The Bertz CT molecular complexity index is 548. The van der Waals surface area contributed by atoms with Crippen molar-refractivity contribution in [2.75, 3.05) is 14.2 Å². The minimum absolute atomic E-state index is 0.0379. The molecule has 0 bridgehead atoms. The summed E-state index contributed by atoms with van der Waals surface area (Å²) in [7, 11) is 2.53. The molecule has 0 aliphatic carbocycles. The number of phenols is 1. The summed E-state index contributed by atoms with van der Waals surface area (Å²) in [6.45, 7) is 3.72. The van der Waals surface area contributed by atoms with E-state index in [0.717, 1.165) is 25.7 Å². The van der Waals surface area contributed by atoms with Crippen LogP contribution in [0.5, 0.6) is 5.75 Å². The monoisotopic (exact) mass is 308 g/mol. The highest BCUT2D eigenvalue weighted by atomic mass is 16.5. The van der Waals surface area contributed by atoms with Crippen molar-refractivity contribution in [3.05, 3.63) is 28.3 Å². The molecule has 1 aromatic rings. The first kappa shape index (κ1) is 18.0. The van der Waals surface area contributed by atoms with E-state index in [1.807, 2.05) is 0 Å². The Labute approximate surface area is 131 Å². The third-order valence-corrected chi connectivity index (χ3v) is 3.73. The normalized spacial score (nSPS) is 10.4. The lowest BCUT2D eigenvalue weighted by atomic mass is 9.94. The van der Waals surface area contributed by atoms with E-state index in [1.54, 1.807) is 13.0 Å². The fourth-order valence-corrected chi connectivity index (χ4v) is 2.43. The lowest BCUT2D eigenvalue weighted by Gasteiger charge is -2.15. The summed E-state index contributed by atoms with van der Waals surface area (Å²) < 4.78 is 9.46. The van der Waals surface area contributed by atoms with Crippen molar-refractivity contribution in [3.8, 4) is 5.75 Å². The first-order valence-corrected chi connectivity index (χ1v) is 7.49. The largest absolute Gasteiger partial charge is 0.507 e. The first-order chi connectivity index (χ1) is 10.5. The van der Waals surface area contributed by atoms with Crippen molar-refractivity contribution >= 4 is 11.9 Å². The van der Waals surface area contributed by atoms with Crippen LogP contribution in [0.25, 0.3) is 0 Å². The van der Waals surface area contributed by atoms with Gasteiger partial charge < -0.3 is 14.6 Å². The number of ether oxygens (including phenoxy) is 2. The minimum Gasteiger partial charge on any atom is -0.507 e. The molecule has 0 atom stereocenters. The zero-order valence-electron chi connectivity index (χ0n) is 13.7. The number of hydrogen-bond acceptors (Lipinski definition) is 5. The van der Waals surface area contributed by atoms with E-state index in [9.17, 15) is 14.7 Å². The Morgan fingerprint density at radius 2 is 1.73 bits per heavy atom. The van der Waals surface area contributed by atoms with Gasteiger partial charge in [-0.15, -0.1) is 0 Å². The molecule has 5 nitrogen and oxygen atoms in total. The van der Waals surface area contributed by atoms with Gasteiger partial charge in [-0.05, 0) is 37.0 Å². The average molecular weight is 308 g/mol. The smallest absolute Gasteiger partial charge is 0.341 e. The molecule has 0 saturated carbocycles. The van der Waals surface area contributed by atoms with Gasteiger partial charge in [-0.3, -0.25) is 0 Å². The molecule has 1 N–H and O–H groups in total. The quantitative estimate of drug-likeness (QED) is 0.617. The molecular formula is C17H24O5. The van der Waals surface area contributed by atoms with Gasteiger partial charge in [0.15, 0.2) is 0 Å². The molecule has 1 rings (SSSR count). The highest BCUT2D eigenvalue weighted by Crippen LogP contribution is 2.31. The van der Waals surface area contributed by atoms with Gasteiger partial charge in [0.1, 0.15) is 11.3 Å². The topological polar surface area (TPSA) is 72.8 Å². The van der Waals surface area contributed by atoms with Crippen LogP contribution in [0.15, 0.2) is 6.07 Å². The molecule has 0 aromatic heterocycles. The lowest BCUT2D eigenvalue weighted by molar-refractivity contribution is 0.0595. The molecule has 0 aliphatic heterocycles. The third kappa shape index (κ3) is 4.00. The summed E-state index contributed by atoms with van der Waals surface area (Å²) in [5.41, 5.74) is 1.26. The number of carbonyl (C=O) groups excluding carboxylic acids is 2. The first-order valence-electron chi connectivity index (χ1n) is 7.49. The van der Waals surface area contributed by atoms with Crippen LogP contribution in [-0.4, -0.2) is 31.3 Å². The second-order valence-corrected chi connectivity index (χ2v) is 5.23. The van der Waals surface area contributed by atoms with Gasteiger partial charge in [0.25, 0.3) is 0 Å². The molecular weight excluding hydrogens is 284 g/mol. The van der Waals surface area contributed by atoms with Crippen molar-refractivity contribution < 1.29 is 24.2 Å². The van der Waals surface area contributed by atoms with Crippen molar-refractivity contribution in [2.24, 2.45) is 0 Å². The standard InChI is InChI=1S/C17H24O5/c1-5-6-7-8-9-12-10-13(16(19)21-3)11(2)14(15(12)18)17(20)22-4/h10,18H,5-9H2,1-4H3. The predicted octanol–water partition coefficient (Wildman–Crippen LogP) is 3.40. The maximum Gasteiger partial charge on any atom is 0.341 e. The molecule has 0 unspecified atom stereocenters. The molecule has 5 heteroatoms. The number of aryl methyl sites for hydroxylation is 1. The highest BCUT2D eigenvalue weighted by Gasteiger charge is 2.24. The molecule has 0 saturated heterocycles. The lowest BCUT2D eigenvalue weighted by Crippen LogP contribution is -2.12. The third-order valence-electron chi connectivity index (χ3n) is 3.73. The average Bonchev–Trinajstić information content (AvgIpc) is 2.52. The van der Waals surface area contributed by atoms with Gasteiger partial charge in [-0.2, -0.15) is 0 Å².